The molecule has 170 valence electrons. The van der Waals surface area contributed by atoms with Gasteiger partial charge in [-0.1, -0.05) is 38.5 Å². The molecule has 0 unspecified atom stereocenters. The van der Waals surface area contributed by atoms with Crippen LogP contribution in [0.1, 0.15) is 39.5 Å². The maximum atomic E-state index is 15.2. The first-order chi connectivity index (χ1) is 15.3. The molecule has 1 saturated heterocycles. The second kappa shape index (κ2) is 9.06. The van der Waals surface area contributed by atoms with Crippen molar-refractivity contribution in [2.75, 3.05) is 18.0 Å². The number of aromatic nitrogens is 1. The zero-order chi connectivity index (χ0) is 22.9. The number of unbranched alkanes of at least 4 members (excludes halogenated alkanes) is 1. The Morgan fingerprint density at radius 1 is 1.16 bits per heavy atom. The van der Waals surface area contributed by atoms with E-state index < -0.39 is 21.1 Å². The minimum Gasteiger partial charge on any atom is -0.369 e. The topological polar surface area (TPSA) is 59.4 Å². The largest absolute Gasteiger partial charge is 0.369 e. The van der Waals surface area contributed by atoms with Crippen LogP contribution in [-0.4, -0.2) is 26.1 Å². The van der Waals surface area contributed by atoms with Gasteiger partial charge in [0.25, 0.3) is 0 Å². The van der Waals surface area contributed by atoms with Gasteiger partial charge in [0.1, 0.15) is 10.7 Å². The van der Waals surface area contributed by atoms with Crippen molar-refractivity contribution < 1.29 is 12.8 Å². The highest BCUT2D eigenvalue weighted by Gasteiger charge is 2.26. The summed E-state index contributed by atoms with van der Waals surface area (Å²) in [4.78, 5) is 15.1. The Morgan fingerprint density at radius 3 is 2.59 bits per heavy atom. The number of hydrogen-bond acceptors (Lipinski definition) is 4. The summed E-state index contributed by atoms with van der Waals surface area (Å²) >= 11 is 0. The molecule has 7 heteroatoms. The van der Waals surface area contributed by atoms with Gasteiger partial charge < -0.3 is 9.47 Å². The highest BCUT2D eigenvalue weighted by molar-refractivity contribution is 7.91. The minimum atomic E-state index is -4.03. The fourth-order valence-corrected chi connectivity index (χ4v) is 5.84. The number of aryl methyl sites for hydroxylation is 1. The van der Waals surface area contributed by atoms with Crippen LogP contribution >= 0.6 is 0 Å². The lowest BCUT2D eigenvalue weighted by Crippen LogP contribution is -2.35. The highest BCUT2D eigenvalue weighted by Crippen LogP contribution is 2.30. The number of sulfone groups is 1. The van der Waals surface area contributed by atoms with E-state index >= 15 is 4.39 Å². The molecule has 5 nitrogen and oxygen atoms in total. The third kappa shape index (κ3) is 4.18. The average molecular weight is 457 g/mol. The van der Waals surface area contributed by atoms with Gasteiger partial charge in [-0.05, 0) is 49.4 Å². The van der Waals surface area contributed by atoms with E-state index in [1.54, 1.807) is 28.8 Å². The minimum absolute atomic E-state index is 0.0536. The molecule has 32 heavy (non-hydrogen) atoms. The van der Waals surface area contributed by atoms with Gasteiger partial charge in [0, 0.05) is 25.8 Å². The predicted octanol–water partition coefficient (Wildman–Crippen LogP) is 5.01. The summed E-state index contributed by atoms with van der Waals surface area (Å²) in [6.45, 7) is 6.29. The zero-order valence-electron chi connectivity index (χ0n) is 18.6. The summed E-state index contributed by atoms with van der Waals surface area (Å²) in [5, 5.41) is 0.101. The van der Waals surface area contributed by atoms with Crippen LogP contribution in [-0.2, 0) is 16.4 Å². The number of fused-ring (bicyclic) bond motifs is 1. The molecule has 1 atom stereocenters. The standard InChI is InChI=1S/C25H29FN2O3S/c1-3-4-12-28-17-24(32(30,31)19-10-6-5-7-11-19)25(29)20-14-21(26)23(15-22(20)28)27-13-8-9-18(2)16-27/h5-7,10-11,14-15,17-18H,3-4,8-9,12-13,16H2,1-2H3/t18-/m1/s1. The fraction of sp³-hybridized carbons (Fsp3) is 0.400. The Kier molecular flexibility index (Phi) is 6.38. The molecule has 1 fully saturated rings. The maximum absolute atomic E-state index is 15.2. The van der Waals surface area contributed by atoms with Crippen LogP contribution in [0.3, 0.4) is 0 Å². The van der Waals surface area contributed by atoms with Gasteiger partial charge in [0.15, 0.2) is 0 Å². The van der Waals surface area contributed by atoms with E-state index in [1.165, 1.54) is 24.4 Å². The molecule has 2 aromatic carbocycles. The number of anilines is 1. The summed E-state index contributed by atoms with van der Waals surface area (Å²) < 4.78 is 43.5. The van der Waals surface area contributed by atoms with E-state index in [-0.39, 0.29) is 15.2 Å². The smallest absolute Gasteiger partial charge is 0.211 e. The van der Waals surface area contributed by atoms with Crippen molar-refractivity contribution in [2.24, 2.45) is 5.92 Å². The number of piperidine rings is 1. The lowest BCUT2D eigenvalue weighted by Gasteiger charge is -2.33. The molecule has 0 bridgehead atoms. The molecule has 0 spiro atoms. The van der Waals surface area contributed by atoms with Gasteiger partial charge in [0.05, 0.1) is 21.5 Å². The van der Waals surface area contributed by atoms with Gasteiger partial charge >= 0.3 is 0 Å². The third-order valence-corrected chi connectivity index (χ3v) is 7.97. The molecular weight excluding hydrogens is 427 g/mol. The monoisotopic (exact) mass is 456 g/mol. The van der Waals surface area contributed by atoms with Crippen molar-refractivity contribution >= 4 is 26.4 Å². The molecule has 0 amide bonds. The number of nitrogens with zero attached hydrogens (tertiary/aromatic N) is 2. The van der Waals surface area contributed by atoms with E-state index in [9.17, 15) is 13.2 Å². The van der Waals surface area contributed by atoms with Crippen LogP contribution in [0.15, 0.2) is 63.2 Å². The van der Waals surface area contributed by atoms with Gasteiger partial charge in [0.2, 0.25) is 15.3 Å². The fourth-order valence-electron chi connectivity index (χ4n) is 4.45. The maximum Gasteiger partial charge on any atom is 0.211 e. The van der Waals surface area contributed by atoms with Gasteiger partial charge in [-0.3, -0.25) is 4.79 Å². The lowest BCUT2D eigenvalue weighted by atomic mass is 9.99. The highest BCUT2D eigenvalue weighted by atomic mass is 32.2. The van der Waals surface area contributed by atoms with Gasteiger partial charge in [-0.2, -0.15) is 0 Å². The van der Waals surface area contributed by atoms with Crippen molar-refractivity contribution in [3.8, 4) is 0 Å². The Labute approximate surface area is 188 Å². The molecule has 0 aliphatic carbocycles. The van der Waals surface area contributed by atoms with Crippen LogP contribution in [0, 0.1) is 11.7 Å². The number of rotatable bonds is 6. The number of pyridine rings is 1. The normalized spacial score (nSPS) is 17.1. The van der Waals surface area contributed by atoms with Crippen molar-refractivity contribution in [3.05, 3.63) is 64.7 Å². The number of halogens is 1. The summed E-state index contributed by atoms with van der Waals surface area (Å²) in [5.74, 6) is -0.0143. The van der Waals surface area contributed by atoms with Gasteiger partial charge in [-0.15, -0.1) is 0 Å². The first-order valence-corrected chi connectivity index (χ1v) is 12.7. The third-order valence-electron chi connectivity index (χ3n) is 6.21. The second-order valence-corrected chi connectivity index (χ2v) is 10.6. The number of hydrogen-bond donors (Lipinski definition) is 0. The Hall–Kier alpha value is -2.67. The molecule has 1 aliphatic rings. The van der Waals surface area contributed by atoms with Gasteiger partial charge in [-0.25, -0.2) is 12.8 Å². The predicted molar refractivity (Wildman–Crippen MR) is 126 cm³/mol. The van der Waals surface area contributed by atoms with Crippen molar-refractivity contribution in [2.45, 2.75) is 55.9 Å². The molecule has 0 radical (unpaired) electrons. The van der Waals surface area contributed by atoms with Crippen molar-refractivity contribution in [1.29, 1.82) is 0 Å². The number of benzene rings is 2. The zero-order valence-corrected chi connectivity index (χ0v) is 19.4. The van der Waals surface area contributed by atoms with Crippen molar-refractivity contribution in [1.82, 2.24) is 4.57 Å². The molecule has 0 N–H and O–H groups in total. The first-order valence-electron chi connectivity index (χ1n) is 11.2. The van der Waals surface area contributed by atoms with Crippen LogP contribution in [0.25, 0.3) is 10.9 Å². The van der Waals surface area contributed by atoms with E-state index in [0.29, 0.717) is 23.7 Å². The molecule has 4 rings (SSSR count). The Balaban J connectivity index is 1.93. The van der Waals surface area contributed by atoms with E-state index in [4.69, 9.17) is 0 Å². The lowest BCUT2D eigenvalue weighted by molar-refractivity contribution is 0.442. The first kappa shape index (κ1) is 22.5. The summed E-state index contributed by atoms with van der Waals surface area (Å²) in [5.41, 5.74) is 0.395. The molecule has 1 aromatic heterocycles. The Bertz CT molecular complexity index is 1290. The molecule has 0 saturated carbocycles. The summed E-state index contributed by atoms with van der Waals surface area (Å²) in [6.07, 6.45) is 5.27. The Morgan fingerprint density at radius 2 is 1.91 bits per heavy atom. The van der Waals surface area contributed by atoms with Crippen LogP contribution < -0.4 is 10.3 Å². The quantitative estimate of drug-likeness (QED) is 0.523. The SMILES string of the molecule is CCCCn1cc(S(=O)(=O)c2ccccc2)c(=O)c2cc(F)c(N3CCC[C@@H](C)C3)cc21. The summed E-state index contributed by atoms with van der Waals surface area (Å²) in [7, 11) is -4.03. The van der Waals surface area contributed by atoms with Crippen LogP contribution in [0.5, 0.6) is 0 Å². The molecule has 1 aliphatic heterocycles. The van der Waals surface area contributed by atoms with Crippen molar-refractivity contribution in [3.63, 3.8) is 0 Å². The molecule has 2 heterocycles. The summed E-state index contributed by atoms with van der Waals surface area (Å²) in [6, 6.07) is 10.8. The molecular formula is C25H29FN2O3S. The van der Waals surface area contributed by atoms with E-state index in [2.05, 4.69) is 6.92 Å². The van der Waals surface area contributed by atoms with Crippen LogP contribution in [0.4, 0.5) is 10.1 Å². The second-order valence-electron chi connectivity index (χ2n) is 8.70. The molecule has 3 aromatic rings. The average Bonchev–Trinajstić information content (AvgIpc) is 2.79. The van der Waals surface area contributed by atoms with E-state index in [1.807, 2.05) is 11.8 Å². The van der Waals surface area contributed by atoms with Crippen LogP contribution in [0.2, 0.25) is 0 Å². The van der Waals surface area contributed by atoms with E-state index in [0.717, 1.165) is 38.8 Å².